The van der Waals surface area contributed by atoms with Gasteiger partial charge in [0.25, 0.3) is 0 Å². The highest BCUT2D eigenvalue weighted by atomic mass is 16.3. The largest absolute Gasteiger partial charge is 0.396 e. The van der Waals surface area contributed by atoms with E-state index in [1.54, 1.807) is 0 Å². The summed E-state index contributed by atoms with van der Waals surface area (Å²) in [6, 6.07) is 9.76. The minimum Gasteiger partial charge on any atom is -0.396 e. The Bertz CT molecular complexity index is 280. The van der Waals surface area contributed by atoms with Gasteiger partial charge in [-0.3, -0.25) is 0 Å². The van der Waals surface area contributed by atoms with E-state index < -0.39 is 0 Å². The van der Waals surface area contributed by atoms with Gasteiger partial charge in [-0.25, -0.2) is 0 Å². The molecule has 0 aliphatic heterocycles. The van der Waals surface area contributed by atoms with Gasteiger partial charge in [-0.1, -0.05) is 18.2 Å². The van der Waals surface area contributed by atoms with Crippen LogP contribution in [0.15, 0.2) is 30.3 Å². The molecule has 16 heavy (non-hydrogen) atoms. The van der Waals surface area contributed by atoms with Crippen LogP contribution >= 0.6 is 0 Å². The molecule has 0 amide bonds. The number of hydrogen-bond acceptors (Lipinski definition) is 4. The quantitative estimate of drug-likeness (QED) is 0.467. The van der Waals surface area contributed by atoms with Crippen LogP contribution in [0.2, 0.25) is 0 Å². The first-order chi connectivity index (χ1) is 7.79. The van der Waals surface area contributed by atoms with E-state index in [0.717, 1.165) is 25.1 Å². The number of rotatable bonds is 7. The molecule has 0 bridgehead atoms. The molecule has 0 heterocycles. The average molecular weight is 224 g/mol. The van der Waals surface area contributed by atoms with E-state index in [1.165, 1.54) is 0 Å². The number of aliphatic hydroxyl groups excluding tert-OH is 2. The third kappa shape index (κ3) is 3.81. The van der Waals surface area contributed by atoms with Gasteiger partial charge in [-0.2, -0.15) is 0 Å². The molecular weight excluding hydrogens is 204 g/mol. The predicted molar refractivity (Wildman–Crippen MR) is 65.2 cm³/mol. The maximum absolute atomic E-state index is 9.11. The Balaban J connectivity index is 2.64. The van der Waals surface area contributed by atoms with Gasteiger partial charge in [0.2, 0.25) is 0 Å². The summed E-state index contributed by atoms with van der Waals surface area (Å²) in [5.74, 6) is 0. The van der Waals surface area contributed by atoms with Crippen molar-refractivity contribution < 1.29 is 10.2 Å². The fourth-order valence-corrected chi connectivity index (χ4v) is 1.60. The van der Waals surface area contributed by atoms with Gasteiger partial charge >= 0.3 is 0 Å². The van der Waals surface area contributed by atoms with E-state index in [4.69, 9.17) is 15.9 Å². The van der Waals surface area contributed by atoms with Crippen LogP contribution in [0, 0.1) is 0 Å². The summed E-state index contributed by atoms with van der Waals surface area (Å²) in [5, 5.41) is 17.9. The molecule has 0 fully saturated rings. The summed E-state index contributed by atoms with van der Waals surface area (Å²) in [6.45, 7) is 0.858. The lowest BCUT2D eigenvalue weighted by atomic mass is 10.2. The number of para-hydroxylation sites is 1. The smallest absolute Gasteiger partial charge is 0.101 e. The van der Waals surface area contributed by atoms with E-state index in [9.17, 15) is 0 Å². The first kappa shape index (κ1) is 13.0. The standard InChI is InChI=1S/C12H20N2O2/c13-12(10-16)14(8-4-5-9-15)11-6-2-1-3-7-11/h1-3,6-7,12,15-16H,4-5,8-10,13H2/t12-/m1/s1. The van der Waals surface area contributed by atoms with Crippen molar-refractivity contribution in [3.8, 4) is 0 Å². The molecule has 4 nitrogen and oxygen atoms in total. The minimum absolute atomic E-state index is 0.0754. The molecule has 90 valence electrons. The molecule has 0 aliphatic carbocycles. The van der Waals surface area contributed by atoms with Crippen LogP contribution in [0.25, 0.3) is 0 Å². The first-order valence-electron chi connectivity index (χ1n) is 5.58. The van der Waals surface area contributed by atoms with Gasteiger partial charge in [0, 0.05) is 18.8 Å². The highest BCUT2D eigenvalue weighted by Gasteiger charge is 2.12. The lowest BCUT2D eigenvalue weighted by molar-refractivity contribution is 0.257. The molecule has 1 aromatic rings. The van der Waals surface area contributed by atoms with Crippen molar-refractivity contribution in [1.82, 2.24) is 0 Å². The summed E-state index contributed by atoms with van der Waals surface area (Å²) in [7, 11) is 0. The Morgan fingerprint density at radius 2 is 1.81 bits per heavy atom. The van der Waals surface area contributed by atoms with Crippen LogP contribution in [0.4, 0.5) is 5.69 Å². The monoisotopic (exact) mass is 224 g/mol. The second-order valence-corrected chi connectivity index (χ2v) is 3.71. The fraction of sp³-hybridized carbons (Fsp3) is 0.500. The molecule has 0 saturated carbocycles. The Morgan fingerprint density at radius 3 is 2.38 bits per heavy atom. The van der Waals surface area contributed by atoms with Crippen molar-refractivity contribution in [2.75, 3.05) is 24.7 Å². The zero-order valence-corrected chi connectivity index (χ0v) is 9.42. The number of unbranched alkanes of at least 4 members (excludes halogenated alkanes) is 1. The number of benzene rings is 1. The first-order valence-corrected chi connectivity index (χ1v) is 5.58. The zero-order valence-electron chi connectivity index (χ0n) is 9.42. The summed E-state index contributed by atoms with van der Waals surface area (Å²) < 4.78 is 0. The molecule has 0 spiro atoms. The Labute approximate surface area is 96.3 Å². The second-order valence-electron chi connectivity index (χ2n) is 3.71. The topological polar surface area (TPSA) is 69.7 Å². The molecule has 1 atom stereocenters. The minimum atomic E-state index is -0.388. The van der Waals surface area contributed by atoms with Crippen LogP contribution in [0.3, 0.4) is 0 Å². The van der Waals surface area contributed by atoms with Crippen molar-refractivity contribution in [1.29, 1.82) is 0 Å². The number of aliphatic hydroxyl groups is 2. The fourth-order valence-electron chi connectivity index (χ4n) is 1.60. The Kier molecular flexibility index (Phi) is 5.85. The molecule has 0 radical (unpaired) electrons. The van der Waals surface area contributed by atoms with Gasteiger partial charge in [0.15, 0.2) is 0 Å². The number of nitrogens with two attached hydrogens (primary N) is 1. The lowest BCUT2D eigenvalue weighted by Gasteiger charge is -2.29. The van der Waals surface area contributed by atoms with Crippen LogP contribution in [-0.4, -0.2) is 36.1 Å². The lowest BCUT2D eigenvalue weighted by Crippen LogP contribution is -2.45. The molecule has 0 unspecified atom stereocenters. The van der Waals surface area contributed by atoms with Gasteiger partial charge in [0.05, 0.1) is 6.61 Å². The van der Waals surface area contributed by atoms with E-state index in [1.807, 2.05) is 35.2 Å². The van der Waals surface area contributed by atoms with Gasteiger partial charge < -0.3 is 20.8 Å². The average Bonchev–Trinajstić information content (AvgIpc) is 2.35. The molecule has 0 saturated heterocycles. The summed E-state index contributed by atoms with van der Waals surface area (Å²) in [6.07, 6.45) is 1.22. The van der Waals surface area contributed by atoms with Crippen LogP contribution < -0.4 is 10.6 Å². The third-order valence-electron chi connectivity index (χ3n) is 2.48. The number of anilines is 1. The summed E-state index contributed by atoms with van der Waals surface area (Å²) >= 11 is 0. The van der Waals surface area contributed by atoms with E-state index in [0.29, 0.717) is 0 Å². The Hall–Kier alpha value is -1.10. The zero-order chi connectivity index (χ0) is 11.8. The van der Waals surface area contributed by atoms with E-state index >= 15 is 0 Å². The van der Waals surface area contributed by atoms with Crippen molar-refractivity contribution in [3.05, 3.63) is 30.3 Å². The molecule has 1 aromatic carbocycles. The molecule has 1 rings (SSSR count). The highest BCUT2D eigenvalue weighted by molar-refractivity contribution is 5.46. The predicted octanol–water partition coefficient (Wildman–Crippen LogP) is 0.543. The molecule has 0 aromatic heterocycles. The van der Waals surface area contributed by atoms with Crippen LogP contribution in [0.1, 0.15) is 12.8 Å². The molecule has 4 heteroatoms. The molecule has 0 aliphatic rings. The molecule has 4 N–H and O–H groups in total. The third-order valence-corrected chi connectivity index (χ3v) is 2.48. The maximum Gasteiger partial charge on any atom is 0.101 e. The molecular formula is C12H20N2O2. The maximum atomic E-state index is 9.11. The van der Waals surface area contributed by atoms with Crippen molar-refractivity contribution in [2.24, 2.45) is 5.73 Å². The van der Waals surface area contributed by atoms with Gasteiger partial charge in [0.1, 0.15) is 6.17 Å². The highest BCUT2D eigenvalue weighted by Crippen LogP contribution is 2.15. The van der Waals surface area contributed by atoms with E-state index in [-0.39, 0.29) is 19.4 Å². The van der Waals surface area contributed by atoms with Crippen molar-refractivity contribution in [3.63, 3.8) is 0 Å². The number of nitrogens with zero attached hydrogens (tertiary/aromatic N) is 1. The van der Waals surface area contributed by atoms with E-state index in [2.05, 4.69) is 0 Å². The van der Waals surface area contributed by atoms with Gasteiger partial charge in [-0.05, 0) is 25.0 Å². The number of hydrogen-bond donors (Lipinski definition) is 3. The summed E-state index contributed by atoms with van der Waals surface area (Å²) in [4.78, 5) is 1.95. The van der Waals surface area contributed by atoms with Crippen LogP contribution in [-0.2, 0) is 0 Å². The van der Waals surface area contributed by atoms with Crippen molar-refractivity contribution in [2.45, 2.75) is 19.0 Å². The van der Waals surface area contributed by atoms with Crippen LogP contribution in [0.5, 0.6) is 0 Å². The Morgan fingerprint density at radius 1 is 1.12 bits per heavy atom. The SMILES string of the molecule is N[C@@H](CO)N(CCCCO)c1ccccc1. The second kappa shape index (κ2) is 7.22. The van der Waals surface area contributed by atoms with Gasteiger partial charge in [-0.15, -0.1) is 0 Å². The normalized spacial score (nSPS) is 12.4. The van der Waals surface area contributed by atoms with Crippen molar-refractivity contribution >= 4 is 5.69 Å². The summed E-state index contributed by atoms with van der Waals surface area (Å²) in [5.41, 5.74) is 6.85.